The number of hydrogen-bond acceptors (Lipinski definition) is 2. The maximum absolute atomic E-state index is 13.6. The van der Waals surface area contributed by atoms with Gasteiger partial charge in [0.05, 0.1) is 24.8 Å². The van der Waals surface area contributed by atoms with E-state index in [1.807, 2.05) is 0 Å². The zero-order chi connectivity index (χ0) is 11.9. The Morgan fingerprint density at radius 1 is 1.44 bits per heavy atom. The Labute approximate surface area is 95.2 Å². The predicted molar refractivity (Wildman–Crippen MR) is 54.3 cm³/mol. The van der Waals surface area contributed by atoms with Crippen molar-refractivity contribution in [2.24, 2.45) is 0 Å². The van der Waals surface area contributed by atoms with Crippen molar-refractivity contribution in [1.29, 1.82) is 0 Å². The second-order valence-corrected chi connectivity index (χ2v) is 3.93. The summed E-state index contributed by atoms with van der Waals surface area (Å²) in [5, 5.41) is 8.61. The summed E-state index contributed by atoms with van der Waals surface area (Å²) in [5.41, 5.74) is -0.104. The van der Waals surface area contributed by atoms with Gasteiger partial charge in [0, 0.05) is 0 Å². The molecule has 1 aromatic carbocycles. The van der Waals surface area contributed by atoms with Crippen LogP contribution in [0.5, 0.6) is 0 Å². The fourth-order valence-corrected chi connectivity index (χ4v) is 1.81. The molecule has 0 spiro atoms. The van der Waals surface area contributed by atoms with E-state index in [1.165, 1.54) is 0 Å². The van der Waals surface area contributed by atoms with Crippen molar-refractivity contribution in [3.63, 3.8) is 0 Å². The lowest BCUT2D eigenvalue weighted by molar-refractivity contribution is -0.117. The van der Waals surface area contributed by atoms with Crippen LogP contribution in [0.15, 0.2) is 12.1 Å². The van der Waals surface area contributed by atoms with E-state index >= 15 is 0 Å². The highest BCUT2D eigenvalue weighted by molar-refractivity contribution is 6.31. The maximum Gasteiger partial charge on any atom is 0.229 e. The number of amides is 1. The van der Waals surface area contributed by atoms with Gasteiger partial charge in [0.15, 0.2) is 5.82 Å². The first-order chi connectivity index (χ1) is 7.50. The van der Waals surface area contributed by atoms with Crippen LogP contribution < -0.4 is 4.90 Å². The van der Waals surface area contributed by atoms with Gasteiger partial charge in [0.2, 0.25) is 5.91 Å². The Morgan fingerprint density at radius 3 is 2.69 bits per heavy atom. The minimum Gasteiger partial charge on any atom is -0.391 e. The van der Waals surface area contributed by atoms with E-state index in [0.29, 0.717) is 0 Å². The minimum atomic E-state index is -0.982. The summed E-state index contributed by atoms with van der Waals surface area (Å²) in [4.78, 5) is 12.5. The van der Waals surface area contributed by atoms with Gasteiger partial charge in [0.1, 0.15) is 10.8 Å². The quantitative estimate of drug-likeness (QED) is 0.768. The summed E-state index contributed by atoms with van der Waals surface area (Å²) in [6, 6.07) is 2.12. The Bertz CT molecular complexity index is 453. The lowest BCUT2D eigenvalue weighted by atomic mass is 10.2. The van der Waals surface area contributed by atoms with Crippen LogP contribution in [0, 0.1) is 11.6 Å². The molecular weight excluding hydrogens is 240 g/mol. The number of aliphatic hydroxyl groups excluding tert-OH is 1. The molecular formula is C10H8ClF2NO2. The number of nitrogens with zero attached hydrogens (tertiary/aromatic N) is 1. The molecule has 1 fully saturated rings. The largest absolute Gasteiger partial charge is 0.391 e. The third-order valence-electron chi connectivity index (χ3n) is 2.41. The van der Waals surface area contributed by atoms with Crippen LogP contribution >= 0.6 is 11.6 Å². The molecule has 3 nitrogen and oxygen atoms in total. The van der Waals surface area contributed by atoms with Gasteiger partial charge in [-0.1, -0.05) is 11.6 Å². The Kier molecular flexibility index (Phi) is 2.82. The van der Waals surface area contributed by atoms with E-state index < -0.39 is 28.7 Å². The molecule has 6 heteroatoms. The van der Waals surface area contributed by atoms with E-state index in [2.05, 4.69) is 0 Å². The van der Waals surface area contributed by atoms with Gasteiger partial charge in [-0.15, -0.1) is 0 Å². The van der Waals surface area contributed by atoms with Crippen LogP contribution in [-0.2, 0) is 4.79 Å². The van der Waals surface area contributed by atoms with Crippen molar-refractivity contribution in [3.05, 3.63) is 28.8 Å². The first-order valence-corrected chi connectivity index (χ1v) is 5.00. The Morgan fingerprint density at radius 2 is 2.12 bits per heavy atom. The molecule has 86 valence electrons. The van der Waals surface area contributed by atoms with Gasteiger partial charge >= 0.3 is 0 Å². The molecule has 0 aromatic heterocycles. The molecule has 0 radical (unpaired) electrons. The summed E-state index contributed by atoms with van der Waals surface area (Å²) < 4.78 is 26.5. The molecule has 1 saturated heterocycles. The van der Waals surface area contributed by atoms with Crippen LogP contribution in [0.25, 0.3) is 0 Å². The van der Waals surface area contributed by atoms with Gasteiger partial charge in [-0.3, -0.25) is 4.79 Å². The van der Waals surface area contributed by atoms with Crippen molar-refractivity contribution < 1.29 is 18.7 Å². The average molecular weight is 248 g/mol. The van der Waals surface area contributed by atoms with E-state index in [4.69, 9.17) is 11.6 Å². The van der Waals surface area contributed by atoms with E-state index in [1.54, 1.807) is 0 Å². The monoisotopic (exact) mass is 247 g/mol. The molecule has 0 bridgehead atoms. The number of aliphatic hydroxyl groups is 1. The second kappa shape index (κ2) is 3.99. The topological polar surface area (TPSA) is 40.5 Å². The molecule has 1 aliphatic heterocycles. The molecule has 1 aromatic rings. The summed E-state index contributed by atoms with van der Waals surface area (Å²) in [7, 11) is 0. The molecule has 1 heterocycles. The van der Waals surface area contributed by atoms with Crippen molar-refractivity contribution in [2.75, 3.05) is 11.4 Å². The van der Waals surface area contributed by atoms with Gasteiger partial charge < -0.3 is 10.0 Å². The Balaban J connectivity index is 2.42. The standard InChI is InChI=1S/C10H8ClF2NO2/c11-9-6(12)1-2-7(10(9)13)14-4-5(15)3-8(14)16/h1-2,5,15H,3-4H2. The minimum absolute atomic E-state index is 0.00227. The van der Waals surface area contributed by atoms with Crippen LogP contribution in [-0.4, -0.2) is 23.7 Å². The number of benzene rings is 1. The van der Waals surface area contributed by atoms with Crippen LogP contribution in [0.2, 0.25) is 5.02 Å². The van der Waals surface area contributed by atoms with E-state index in [9.17, 15) is 18.7 Å². The molecule has 1 atom stereocenters. The van der Waals surface area contributed by atoms with Gasteiger partial charge in [0.25, 0.3) is 0 Å². The lowest BCUT2D eigenvalue weighted by Gasteiger charge is -2.17. The van der Waals surface area contributed by atoms with Crippen LogP contribution in [0.3, 0.4) is 0 Å². The number of anilines is 1. The molecule has 1 aliphatic rings. The first-order valence-electron chi connectivity index (χ1n) is 4.62. The van der Waals surface area contributed by atoms with Gasteiger partial charge in [-0.2, -0.15) is 0 Å². The van der Waals surface area contributed by atoms with E-state index in [0.717, 1.165) is 17.0 Å². The molecule has 0 aliphatic carbocycles. The SMILES string of the molecule is O=C1CC(O)CN1c1ccc(F)c(Cl)c1F. The lowest BCUT2D eigenvalue weighted by Crippen LogP contribution is -2.26. The number of carbonyl (C=O) groups is 1. The average Bonchev–Trinajstić information content (AvgIpc) is 2.55. The number of rotatable bonds is 1. The van der Waals surface area contributed by atoms with Crippen molar-refractivity contribution in [3.8, 4) is 0 Å². The first kappa shape index (κ1) is 11.3. The summed E-state index contributed by atoms with van der Waals surface area (Å²) in [6.45, 7) is -0.00227. The van der Waals surface area contributed by atoms with Gasteiger partial charge in [-0.05, 0) is 12.1 Å². The normalized spacial score (nSPS) is 20.6. The molecule has 1 amide bonds. The van der Waals surface area contributed by atoms with Gasteiger partial charge in [-0.25, -0.2) is 8.78 Å². The third kappa shape index (κ3) is 1.76. The zero-order valence-corrected chi connectivity index (χ0v) is 8.84. The molecule has 1 N–H and O–H groups in total. The summed E-state index contributed by atoms with van der Waals surface area (Å²) >= 11 is 5.39. The molecule has 0 saturated carbocycles. The highest BCUT2D eigenvalue weighted by Gasteiger charge is 2.31. The van der Waals surface area contributed by atoms with Crippen molar-refractivity contribution in [2.45, 2.75) is 12.5 Å². The smallest absolute Gasteiger partial charge is 0.229 e. The highest BCUT2D eigenvalue weighted by atomic mass is 35.5. The summed E-state index contributed by atoms with van der Waals surface area (Å²) in [5.74, 6) is -2.27. The number of β-amino-alcohol motifs (C(OH)–C–C–N with tert-alkyl or cyclic N) is 1. The highest BCUT2D eigenvalue weighted by Crippen LogP contribution is 2.30. The molecule has 16 heavy (non-hydrogen) atoms. The Hall–Kier alpha value is -1.20. The van der Waals surface area contributed by atoms with Crippen molar-refractivity contribution in [1.82, 2.24) is 0 Å². The predicted octanol–water partition coefficient (Wildman–Crippen LogP) is 1.72. The fourth-order valence-electron chi connectivity index (χ4n) is 1.65. The van der Waals surface area contributed by atoms with Crippen LogP contribution in [0.4, 0.5) is 14.5 Å². The molecule has 2 rings (SSSR count). The third-order valence-corrected chi connectivity index (χ3v) is 2.76. The van der Waals surface area contributed by atoms with E-state index in [-0.39, 0.29) is 18.7 Å². The number of hydrogen-bond donors (Lipinski definition) is 1. The number of carbonyl (C=O) groups excluding carboxylic acids is 1. The van der Waals surface area contributed by atoms with Crippen LogP contribution in [0.1, 0.15) is 6.42 Å². The number of halogens is 3. The maximum atomic E-state index is 13.6. The fraction of sp³-hybridized carbons (Fsp3) is 0.300. The molecule has 1 unspecified atom stereocenters. The zero-order valence-electron chi connectivity index (χ0n) is 8.08. The second-order valence-electron chi connectivity index (χ2n) is 3.56. The summed E-state index contributed by atoms with van der Waals surface area (Å²) in [6.07, 6.45) is -0.884. The van der Waals surface area contributed by atoms with Crippen molar-refractivity contribution >= 4 is 23.2 Å².